The molecule has 0 aliphatic rings. The van der Waals surface area contributed by atoms with Crippen LogP contribution in [0.2, 0.25) is 0 Å². The molecule has 0 bridgehead atoms. The number of anilines is 2. The number of hydrogen-bond acceptors (Lipinski definition) is 7. The van der Waals surface area contributed by atoms with Gasteiger partial charge in [-0.1, -0.05) is 29.5 Å². The van der Waals surface area contributed by atoms with Crippen LogP contribution in [0.4, 0.5) is 10.8 Å². The summed E-state index contributed by atoms with van der Waals surface area (Å²) < 4.78 is 5.36. The largest absolute Gasteiger partial charge is 0.444 e. The van der Waals surface area contributed by atoms with Gasteiger partial charge in [-0.2, -0.15) is 5.10 Å². The Hall–Kier alpha value is -3.52. The van der Waals surface area contributed by atoms with Crippen LogP contribution in [0.25, 0.3) is 32.8 Å². The minimum absolute atomic E-state index is 0.725. The SMILES string of the molecule is c1cc(-c2cnco2)cc(-c2nnc(Nc3ccc4[nH]ncc4c3)s2)c1. The summed E-state index contributed by atoms with van der Waals surface area (Å²) in [6, 6.07) is 13.9. The number of fused-ring (bicyclic) bond motifs is 1. The molecule has 0 radical (unpaired) electrons. The number of H-pyrrole nitrogens is 1. The normalized spacial score (nSPS) is 11.1. The molecule has 0 unspecified atom stereocenters. The molecule has 0 spiro atoms. The average Bonchev–Trinajstić information content (AvgIpc) is 3.43. The fourth-order valence-electron chi connectivity index (χ4n) is 2.70. The Morgan fingerprint density at radius 3 is 2.88 bits per heavy atom. The van der Waals surface area contributed by atoms with E-state index in [1.807, 2.05) is 42.5 Å². The monoisotopic (exact) mass is 360 g/mol. The van der Waals surface area contributed by atoms with E-state index in [9.17, 15) is 0 Å². The average molecular weight is 360 g/mol. The number of nitrogens with zero attached hydrogens (tertiary/aromatic N) is 4. The van der Waals surface area contributed by atoms with E-state index in [-0.39, 0.29) is 0 Å². The first-order valence-electron chi connectivity index (χ1n) is 7.88. The van der Waals surface area contributed by atoms with Crippen LogP contribution < -0.4 is 5.32 Å². The highest BCUT2D eigenvalue weighted by atomic mass is 32.1. The molecule has 0 aliphatic carbocycles. The van der Waals surface area contributed by atoms with Crippen molar-refractivity contribution in [3.05, 3.63) is 61.3 Å². The van der Waals surface area contributed by atoms with Gasteiger partial charge in [0.15, 0.2) is 12.2 Å². The van der Waals surface area contributed by atoms with Crippen molar-refractivity contribution in [3.8, 4) is 21.9 Å². The number of rotatable bonds is 4. The quantitative estimate of drug-likeness (QED) is 0.491. The number of hydrogen-bond donors (Lipinski definition) is 2. The molecule has 126 valence electrons. The molecule has 0 fully saturated rings. The lowest BCUT2D eigenvalue weighted by Crippen LogP contribution is -1.88. The molecule has 5 aromatic rings. The van der Waals surface area contributed by atoms with Gasteiger partial charge in [-0.25, -0.2) is 4.98 Å². The van der Waals surface area contributed by atoms with Crippen molar-refractivity contribution in [2.24, 2.45) is 0 Å². The molecule has 8 heteroatoms. The first kappa shape index (κ1) is 14.8. The van der Waals surface area contributed by atoms with Crippen LogP contribution in [0.5, 0.6) is 0 Å². The summed E-state index contributed by atoms with van der Waals surface area (Å²) in [5.41, 5.74) is 3.87. The van der Waals surface area contributed by atoms with E-state index in [0.717, 1.165) is 43.6 Å². The number of aromatic nitrogens is 5. The van der Waals surface area contributed by atoms with Crippen molar-refractivity contribution in [2.45, 2.75) is 0 Å². The van der Waals surface area contributed by atoms with Gasteiger partial charge < -0.3 is 9.73 Å². The molecular weight excluding hydrogens is 348 g/mol. The summed E-state index contributed by atoms with van der Waals surface area (Å²) in [6.45, 7) is 0. The number of benzene rings is 2. The zero-order chi connectivity index (χ0) is 17.3. The summed E-state index contributed by atoms with van der Waals surface area (Å²) in [7, 11) is 0. The van der Waals surface area contributed by atoms with Crippen LogP contribution in [0.15, 0.2) is 65.7 Å². The molecule has 2 aromatic carbocycles. The van der Waals surface area contributed by atoms with E-state index in [4.69, 9.17) is 4.42 Å². The van der Waals surface area contributed by atoms with Crippen molar-refractivity contribution in [1.29, 1.82) is 0 Å². The van der Waals surface area contributed by atoms with Crippen LogP contribution in [0.1, 0.15) is 0 Å². The first-order chi connectivity index (χ1) is 12.8. The number of nitrogens with one attached hydrogen (secondary N) is 2. The molecule has 0 amide bonds. The van der Waals surface area contributed by atoms with Gasteiger partial charge in [0.05, 0.1) is 17.9 Å². The van der Waals surface area contributed by atoms with Crippen LogP contribution in [0, 0.1) is 0 Å². The molecule has 3 heterocycles. The van der Waals surface area contributed by atoms with Gasteiger partial charge in [-0.05, 0) is 24.3 Å². The Morgan fingerprint density at radius 1 is 1.00 bits per heavy atom. The fraction of sp³-hybridized carbons (Fsp3) is 0. The van der Waals surface area contributed by atoms with Crippen molar-refractivity contribution in [1.82, 2.24) is 25.4 Å². The minimum atomic E-state index is 0.725. The molecule has 7 nitrogen and oxygen atoms in total. The molecule has 0 aliphatic heterocycles. The van der Waals surface area contributed by atoms with Crippen molar-refractivity contribution >= 4 is 33.1 Å². The van der Waals surface area contributed by atoms with Gasteiger partial charge in [0.25, 0.3) is 0 Å². The highest BCUT2D eigenvalue weighted by Gasteiger charge is 2.10. The summed E-state index contributed by atoms with van der Waals surface area (Å²) in [6.07, 6.45) is 4.91. The van der Waals surface area contributed by atoms with Gasteiger partial charge in [0, 0.05) is 22.2 Å². The van der Waals surface area contributed by atoms with Gasteiger partial charge in [-0.15, -0.1) is 10.2 Å². The maximum Gasteiger partial charge on any atom is 0.210 e. The topological polar surface area (TPSA) is 92.5 Å². The molecule has 0 saturated carbocycles. The molecule has 5 rings (SSSR count). The molecule has 2 N–H and O–H groups in total. The zero-order valence-corrected chi connectivity index (χ0v) is 14.2. The van der Waals surface area contributed by atoms with Gasteiger partial charge in [0.2, 0.25) is 5.13 Å². The fourth-order valence-corrected chi connectivity index (χ4v) is 3.46. The van der Waals surface area contributed by atoms with Crippen LogP contribution in [-0.4, -0.2) is 25.4 Å². The zero-order valence-electron chi connectivity index (χ0n) is 13.4. The maximum absolute atomic E-state index is 5.36. The van der Waals surface area contributed by atoms with E-state index < -0.39 is 0 Å². The van der Waals surface area contributed by atoms with Crippen molar-refractivity contribution in [2.75, 3.05) is 5.32 Å². The Balaban J connectivity index is 1.42. The summed E-state index contributed by atoms with van der Waals surface area (Å²) in [5, 5.41) is 21.4. The van der Waals surface area contributed by atoms with E-state index in [2.05, 4.69) is 30.7 Å². The molecule has 26 heavy (non-hydrogen) atoms. The first-order valence-corrected chi connectivity index (χ1v) is 8.70. The van der Waals surface area contributed by atoms with Gasteiger partial charge in [0.1, 0.15) is 5.01 Å². The molecule has 0 atom stereocenters. The molecular formula is C18H12N6OS. The van der Waals surface area contributed by atoms with Gasteiger partial charge >= 0.3 is 0 Å². The van der Waals surface area contributed by atoms with Crippen molar-refractivity contribution < 1.29 is 4.42 Å². The van der Waals surface area contributed by atoms with E-state index >= 15 is 0 Å². The Bertz CT molecular complexity index is 1180. The number of aromatic amines is 1. The summed E-state index contributed by atoms with van der Waals surface area (Å²) in [5.74, 6) is 0.725. The Morgan fingerprint density at radius 2 is 1.96 bits per heavy atom. The Kier molecular flexibility index (Phi) is 3.46. The molecule has 3 aromatic heterocycles. The second kappa shape index (κ2) is 6.08. The third-order valence-electron chi connectivity index (χ3n) is 3.94. The highest BCUT2D eigenvalue weighted by molar-refractivity contribution is 7.18. The minimum Gasteiger partial charge on any atom is -0.444 e. The standard InChI is InChI=1S/C18H12N6OS/c1-2-11(16-9-19-10-25-16)6-12(3-1)17-23-24-18(26-17)21-14-4-5-15-13(7-14)8-20-22-15/h1-10H,(H,20,22)(H,21,24). The van der Waals surface area contributed by atoms with E-state index in [1.54, 1.807) is 12.4 Å². The van der Waals surface area contributed by atoms with E-state index in [0.29, 0.717) is 0 Å². The smallest absolute Gasteiger partial charge is 0.210 e. The third-order valence-corrected chi connectivity index (χ3v) is 4.83. The maximum atomic E-state index is 5.36. The van der Waals surface area contributed by atoms with Gasteiger partial charge in [-0.3, -0.25) is 5.10 Å². The van der Waals surface area contributed by atoms with Crippen LogP contribution >= 0.6 is 11.3 Å². The number of oxazole rings is 1. The molecule has 0 saturated heterocycles. The third kappa shape index (κ3) is 2.72. The summed E-state index contributed by atoms with van der Waals surface area (Å²) in [4.78, 5) is 3.96. The lowest BCUT2D eigenvalue weighted by atomic mass is 10.1. The lowest BCUT2D eigenvalue weighted by Gasteiger charge is -2.01. The predicted molar refractivity (Wildman–Crippen MR) is 100 cm³/mol. The van der Waals surface area contributed by atoms with E-state index in [1.165, 1.54) is 17.7 Å². The van der Waals surface area contributed by atoms with Crippen LogP contribution in [0.3, 0.4) is 0 Å². The Labute approximate surface area is 151 Å². The summed E-state index contributed by atoms with van der Waals surface area (Å²) >= 11 is 1.49. The van der Waals surface area contributed by atoms with Crippen LogP contribution in [-0.2, 0) is 0 Å². The van der Waals surface area contributed by atoms with Crippen molar-refractivity contribution in [3.63, 3.8) is 0 Å². The second-order valence-electron chi connectivity index (χ2n) is 5.66. The second-order valence-corrected chi connectivity index (χ2v) is 6.63. The predicted octanol–water partition coefficient (Wildman–Crippen LogP) is 4.48. The highest BCUT2D eigenvalue weighted by Crippen LogP contribution is 2.31. The lowest BCUT2D eigenvalue weighted by molar-refractivity contribution is 0.572.